The molecule has 0 amide bonds. The molecule has 1 aromatic carbocycles. The molecule has 0 saturated heterocycles. The molecule has 2 nitrogen and oxygen atoms in total. The Morgan fingerprint density at radius 1 is 1.44 bits per heavy atom. The van der Waals surface area contributed by atoms with Crippen molar-refractivity contribution in [3.8, 4) is 23.3 Å². The van der Waals surface area contributed by atoms with Crippen LogP contribution in [0.25, 0.3) is 0 Å². The first-order valence-corrected chi connectivity index (χ1v) is 5.52. The van der Waals surface area contributed by atoms with Gasteiger partial charge in [0.2, 0.25) is 0 Å². The Bertz CT molecular complexity index is 399. The van der Waals surface area contributed by atoms with E-state index in [1.165, 1.54) is 0 Å². The van der Waals surface area contributed by atoms with Gasteiger partial charge in [0, 0.05) is 12.3 Å². The Balaban J connectivity index is 2.81. The van der Waals surface area contributed by atoms with E-state index in [9.17, 15) is 5.11 Å². The maximum absolute atomic E-state index is 9.89. The van der Waals surface area contributed by atoms with Gasteiger partial charge in [-0.05, 0) is 18.1 Å². The first kappa shape index (κ1) is 12.4. The Labute approximate surface area is 97.3 Å². The summed E-state index contributed by atoms with van der Waals surface area (Å²) in [5.74, 6) is 7.20. The molecule has 1 aromatic rings. The lowest BCUT2D eigenvalue weighted by atomic mass is 10.0. The quantitative estimate of drug-likeness (QED) is 0.790. The van der Waals surface area contributed by atoms with Gasteiger partial charge in [0.05, 0.1) is 7.11 Å². The average molecular weight is 218 g/mol. The van der Waals surface area contributed by atoms with Crippen molar-refractivity contribution in [2.75, 3.05) is 7.11 Å². The molecule has 1 atom stereocenters. The van der Waals surface area contributed by atoms with E-state index in [-0.39, 0.29) is 11.7 Å². The molecular weight excluding hydrogens is 200 g/mol. The number of rotatable bonds is 3. The summed E-state index contributed by atoms with van der Waals surface area (Å²) in [4.78, 5) is 0. The van der Waals surface area contributed by atoms with Gasteiger partial charge in [0.15, 0.2) is 11.5 Å². The van der Waals surface area contributed by atoms with Crippen LogP contribution in [-0.4, -0.2) is 12.2 Å². The molecule has 1 unspecified atom stereocenters. The van der Waals surface area contributed by atoms with Crippen LogP contribution in [0.1, 0.15) is 25.8 Å². The lowest BCUT2D eigenvalue weighted by Crippen LogP contribution is -1.98. The average Bonchev–Trinajstić information content (AvgIpc) is 2.29. The van der Waals surface area contributed by atoms with E-state index >= 15 is 0 Å². The standard InChI is InChI=1S/C14H18O2/c1-4-5-7-11(2)10-12-8-6-9-13(16-3)14(12)15/h6,8-9,11,15H,4,10H2,1-3H3. The zero-order valence-electron chi connectivity index (χ0n) is 10.1. The molecule has 16 heavy (non-hydrogen) atoms. The third-order valence-corrected chi connectivity index (χ3v) is 2.35. The molecule has 86 valence electrons. The number of methoxy groups -OCH3 is 1. The van der Waals surface area contributed by atoms with Crippen LogP contribution in [0.5, 0.6) is 11.5 Å². The van der Waals surface area contributed by atoms with E-state index in [1.54, 1.807) is 13.2 Å². The van der Waals surface area contributed by atoms with Crippen LogP contribution in [0.15, 0.2) is 18.2 Å². The first-order chi connectivity index (χ1) is 7.69. The number of ether oxygens (including phenoxy) is 1. The highest BCUT2D eigenvalue weighted by Gasteiger charge is 2.09. The Morgan fingerprint density at radius 3 is 2.81 bits per heavy atom. The lowest BCUT2D eigenvalue weighted by Gasteiger charge is -2.09. The van der Waals surface area contributed by atoms with Gasteiger partial charge in [-0.25, -0.2) is 0 Å². The normalized spacial score (nSPS) is 11.4. The van der Waals surface area contributed by atoms with Crippen molar-refractivity contribution in [1.82, 2.24) is 0 Å². The smallest absolute Gasteiger partial charge is 0.160 e. The number of para-hydroxylation sites is 1. The van der Waals surface area contributed by atoms with Gasteiger partial charge < -0.3 is 9.84 Å². The van der Waals surface area contributed by atoms with Crippen molar-refractivity contribution in [3.05, 3.63) is 23.8 Å². The Kier molecular flexibility index (Phi) is 4.72. The van der Waals surface area contributed by atoms with Gasteiger partial charge >= 0.3 is 0 Å². The summed E-state index contributed by atoms with van der Waals surface area (Å²) < 4.78 is 5.06. The molecule has 0 spiro atoms. The molecule has 1 rings (SSSR count). The number of hydrogen-bond donors (Lipinski definition) is 1. The SMILES string of the molecule is CCC#CC(C)Cc1cccc(OC)c1O. The molecule has 1 N–H and O–H groups in total. The van der Waals surface area contributed by atoms with E-state index in [4.69, 9.17) is 4.74 Å². The van der Waals surface area contributed by atoms with E-state index in [2.05, 4.69) is 18.8 Å². The van der Waals surface area contributed by atoms with Crippen LogP contribution in [0, 0.1) is 17.8 Å². The van der Waals surface area contributed by atoms with Crippen molar-refractivity contribution in [2.24, 2.45) is 5.92 Å². The van der Waals surface area contributed by atoms with Crippen molar-refractivity contribution in [1.29, 1.82) is 0 Å². The summed E-state index contributed by atoms with van der Waals surface area (Å²) in [5, 5.41) is 9.89. The highest BCUT2D eigenvalue weighted by molar-refractivity contribution is 5.45. The predicted octanol–water partition coefficient (Wildman–Crippen LogP) is 2.99. The number of hydrogen-bond acceptors (Lipinski definition) is 2. The van der Waals surface area contributed by atoms with E-state index in [0.717, 1.165) is 18.4 Å². The largest absolute Gasteiger partial charge is 0.504 e. The second-order valence-corrected chi connectivity index (χ2v) is 3.75. The minimum absolute atomic E-state index is 0.232. The lowest BCUT2D eigenvalue weighted by molar-refractivity contribution is 0.370. The maximum Gasteiger partial charge on any atom is 0.160 e. The molecule has 0 aliphatic carbocycles. The Morgan fingerprint density at radius 2 is 2.19 bits per heavy atom. The summed E-state index contributed by atoms with van der Waals surface area (Å²) in [5.41, 5.74) is 0.886. The molecule has 0 saturated carbocycles. The van der Waals surface area contributed by atoms with Crippen LogP contribution in [-0.2, 0) is 6.42 Å². The second kappa shape index (κ2) is 6.07. The van der Waals surface area contributed by atoms with Gasteiger partial charge in [-0.2, -0.15) is 0 Å². The molecule has 2 heteroatoms. The first-order valence-electron chi connectivity index (χ1n) is 5.52. The van der Waals surface area contributed by atoms with Crippen LogP contribution in [0.2, 0.25) is 0 Å². The summed E-state index contributed by atoms with van der Waals surface area (Å²) in [6.07, 6.45) is 1.62. The summed E-state index contributed by atoms with van der Waals surface area (Å²) >= 11 is 0. The van der Waals surface area contributed by atoms with Gasteiger partial charge in [-0.3, -0.25) is 0 Å². The number of phenolic OH excluding ortho intramolecular Hbond substituents is 1. The molecule has 0 aliphatic rings. The predicted molar refractivity (Wildman–Crippen MR) is 65.6 cm³/mol. The van der Waals surface area contributed by atoms with Crippen molar-refractivity contribution in [3.63, 3.8) is 0 Å². The fraction of sp³-hybridized carbons (Fsp3) is 0.429. The highest BCUT2D eigenvalue weighted by atomic mass is 16.5. The molecule has 0 aliphatic heterocycles. The molecular formula is C14H18O2. The van der Waals surface area contributed by atoms with Crippen LogP contribution >= 0.6 is 0 Å². The highest BCUT2D eigenvalue weighted by Crippen LogP contribution is 2.30. The van der Waals surface area contributed by atoms with Gasteiger partial charge in [-0.1, -0.05) is 31.9 Å². The Hall–Kier alpha value is -1.62. The fourth-order valence-corrected chi connectivity index (χ4v) is 1.55. The minimum atomic E-state index is 0.232. The van der Waals surface area contributed by atoms with E-state index < -0.39 is 0 Å². The van der Waals surface area contributed by atoms with Crippen molar-refractivity contribution in [2.45, 2.75) is 26.7 Å². The monoisotopic (exact) mass is 218 g/mol. The zero-order valence-corrected chi connectivity index (χ0v) is 10.1. The number of benzene rings is 1. The van der Waals surface area contributed by atoms with Crippen LogP contribution in [0.3, 0.4) is 0 Å². The number of phenols is 1. The molecule has 0 bridgehead atoms. The third-order valence-electron chi connectivity index (χ3n) is 2.35. The van der Waals surface area contributed by atoms with Gasteiger partial charge in [-0.15, -0.1) is 5.92 Å². The minimum Gasteiger partial charge on any atom is -0.504 e. The van der Waals surface area contributed by atoms with E-state index in [1.807, 2.05) is 19.1 Å². The summed E-state index contributed by atoms with van der Waals surface area (Å²) in [6, 6.07) is 5.54. The second-order valence-electron chi connectivity index (χ2n) is 3.75. The summed E-state index contributed by atoms with van der Waals surface area (Å²) in [7, 11) is 1.55. The van der Waals surface area contributed by atoms with Crippen LogP contribution in [0.4, 0.5) is 0 Å². The zero-order chi connectivity index (χ0) is 12.0. The topological polar surface area (TPSA) is 29.5 Å². The third kappa shape index (κ3) is 3.20. The molecule has 0 heterocycles. The summed E-state index contributed by atoms with van der Waals surface area (Å²) in [6.45, 7) is 4.09. The van der Waals surface area contributed by atoms with Gasteiger partial charge in [0.1, 0.15) is 0 Å². The molecule has 0 fully saturated rings. The van der Waals surface area contributed by atoms with Crippen molar-refractivity contribution < 1.29 is 9.84 Å². The molecule has 0 radical (unpaired) electrons. The fourth-order valence-electron chi connectivity index (χ4n) is 1.55. The number of aromatic hydroxyl groups is 1. The van der Waals surface area contributed by atoms with Crippen LogP contribution < -0.4 is 4.74 Å². The van der Waals surface area contributed by atoms with Crippen molar-refractivity contribution >= 4 is 0 Å². The van der Waals surface area contributed by atoms with Gasteiger partial charge in [0.25, 0.3) is 0 Å². The molecule has 0 aromatic heterocycles. The maximum atomic E-state index is 9.89. The van der Waals surface area contributed by atoms with E-state index in [0.29, 0.717) is 5.75 Å².